The topological polar surface area (TPSA) is 73.2 Å². The van der Waals surface area contributed by atoms with E-state index in [0.29, 0.717) is 17.1 Å². The average molecular weight is 538 g/mol. The van der Waals surface area contributed by atoms with E-state index in [1.165, 1.54) is 0 Å². The molecule has 1 atom stereocenters. The van der Waals surface area contributed by atoms with Crippen molar-refractivity contribution in [2.24, 2.45) is 0 Å². The largest absolute Gasteiger partial charge is 0.497 e. The van der Waals surface area contributed by atoms with Crippen molar-refractivity contribution in [3.63, 3.8) is 0 Å². The molecule has 0 bridgehead atoms. The molecule has 2 heterocycles. The molecule has 1 unspecified atom stereocenters. The van der Waals surface area contributed by atoms with E-state index in [1.54, 1.807) is 44.4 Å². The Bertz CT molecular complexity index is 1530. The number of carbonyl (C=O) groups is 2. The average Bonchev–Trinajstić information content (AvgIpc) is 3.73. The quantitative estimate of drug-likeness (QED) is 0.307. The Hall–Kier alpha value is -4.72. The van der Waals surface area contributed by atoms with Crippen LogP contribution in [0.15, 0.2) is 85.1 Å². The molecule has 1 saturated carbocycles. The van der Waals surface area contributed by atoms with Gasteiger partial charge >= 0.3 is 0 Å². The smallest absolute Gasteiger partial charge is 0.254 e. The van der Waals surface area contributed by atoms with Crippen molar-refractivity contribution in [2.45, 2.75) is 24.9 Å². The highest BCUT2D eigenvalue weighted by atomic mass is 16.5. The number of rotatable bonds is 8. The van der Waals surface area contributed by atoms with Gasteiger partial charge in [-0.1, -0.05) is 24.3 Å². The third-order valence-electron chi connectivity index (χ3n) is 7.57. The summed E-state index contributed by atoms with van der Waals surface area (Å²) < 4.78 is 18.3. The van der Waals surface area contributed by atoms with Crippen LogP contribution in [0, 0.1) is 0 Å². The van der Waals surface area contributed by atoms with Crippen LogP contribution in [0.4, 0.5) is 5.69 Å². The Morgan fingerprint density at radius 1 is 0.800 bits per heavy atom. The second kappa shape index (κ2) is 10.4. The molecule has 204 valence electrons. The van der Waals surface area contributed by atoms with Crippen LogP contribution in [0.1, 0.15) is 40.5 Å². The molecule has 2 aliphatic rings. The summed E-state index contributed by atoms with van der Waals surface area (Å²) in [5.74, 6) is 1.41. The van der Waals surface area contributed by atoms with E-state index < -0.39 is 0 Å². The lowest BCUT2D eigenvalue weighted by atomic mass is 9.97. The zero-order chi connectivity index (χ0) is 27.8. The molecule has 8 heteroatoms. The van der Waals surface area contributed by atoms with Crippen molar-refractivity contribution in [1.29, 1.82) is 0 Å². The number of benzene rings is 3. The maximum absolute atomic E-state index is 14.4. The van der Waals surface area contributed by atoms with Crippen LogP contribution in [0.3, 0.4) is 0 Å². The minimum atomic E-state index is -0.378. The predicted octanol–water partition coefficient (Wildman–Crippen LogP) is 5.24. The maximum Gasteiger partial charge on any atom is 0.254 e. The van der Waals surface area contributed by atoms with Gasteiger partial charge in [0.2, 0.25) is 5.91 Å². The van der Waals surface area contributed by atoms with Crippen LogP contribution >= 0.6 is 0 Å². The Morgan fingerprint density at radius 2 is 1.45 bits per heavy atom. The minimum Gasteiger partial charge on any atom is -0.497 e. The van der Waals surface area contributed by atoms with E-state index in [0.717, 1.165) is 41.2 Å². The molecule has 6 rings (SSSR count). The number of ether oxygens (including phenoxy) is 3. The van der Waals surface area contributed by atoms with E-state index in [1.807, 2.05) is 71.8 Å². The molecule has 3 aromatic carbocycles. The van der Waals surface area contributed by atoms with Gasteiger partial charge in [-0.3, -0.25) is 14.5 Å². The van der Waals surface area contributed by atoms with Crippen molar-refractivity contribution in [1.82, 2.24) is 9.47 Å². The number of hydrogen-bond donors (Lipinski definition) is 0. The summed E-state index contributed by atoms with van der Waals surface area (Å²) >= 11 is 0. The molecule has 2 amide bonds. The minimum absolute atomic E-state index is 0.0111. The van der Waals surface area contributed by atoms with Gasteiger partial charge in [-0.2, -0.15) is 0 Å². The molecule has 1 aliphatic heterocycles. The fourth-order valence-electron chi connectivity index (χ4n) is 5.44. The van der Waals surface area contributed by atoms with Crippen molar-refractivity contribution >= 4 is 17.5 Å². The molecule has 0 radical (unpaired) electrons. The van der Waals surface area contributed by atoms with Gasteiger partial charge in [0.1, 0.15) is 29.8 Å². The summed E-state index contributed by atoms with van der Waals surface area (Å²) in [7, 11) is 4.73. The van der Waals surface area contributed by atoms with E-state index in [-0.39, 0.29) is 30.4 Å². The summed E-state index contributed by atoms with van der Waals surface area (Å²) in [5, 5.41) is 0. The third kappa shape index (κ3) is 4.55. The molecule has 1 aromatic heterocycles. The molecule has 0 saturated heterocycles. The Morgan fingerprint density at radius 3 is 2.08 bits per heavy atom. The molecule has 0 spiro atoms. The molecular formula is C32H31N3O5. The monoisotopic (exact) mass is 537 g/mol. The Balaban J connectivity index is 1.39. The first kappa shape index (κ1) is 25.6. The number of nitrogens with zero attached hydrogens (tertiary/aromatic N) is 3. The second-order valence-electron chi connectivity index (χ2n) is 10.00. The molecular weight excluding hydrogens is 506 g/mol. The first-order valence-corrected chi connectivity index (χ1v) is 13.3. The summed E-state index contributed by atoms with van der Waals surface area (Å²) in [6, 6.07) is 24.4. The summed E-state index contributed by atoms with van der Waals surface area (Å²) in [5.41, 5.74) is 4.06. The van der Waals surface area contributed by atoms with E-state index in [4.69, 9.17) is 14.2 Å². The van der Waals surface area contributed by atoms with Crippen LogP contribution < -0.4 is 19.1 Å². The maximum atomic E-state index is 14.4. The van der Waals surface area contributed by atoms with Crippen molar-refractivity contribution < 1.29 is 23.8 Å². The van der Waals surface area contributed by atoms with E-state index in [9.17, 15) is 9.59 Å². The number of amides is 2. The van der Waals surface area contributed by atoms with Gasteiger partial charge in [0, 0.05) is 23.9 Å². The van der Waals surface area contributed by atoms with Crippen LogP contribution in [0.25, 0.3) is 5.69 Å². The van der Waals surface area contributed by atoms with Crippen LogP contribution in [0.5, 0.6) is 17.2 Å². The highest BCUT2D eigenvalue weighted by molar-refractivity contribution is 6.03. The fraction of sp³-hybridized carbons (Fsp3) is 0.250. The normalized spacial score (nSPS) is 15.6. The number of hydrogen-bond acceptors (Lipinski definition) is 5. The van der Waals surface area contributed by atoms with Crippen LogP contribution in [-0.4, -0.2) is 55.2 Å². The highest BCUT2D eigenvalue weighted by Crippen LogP contribution is 2.43. The van der Waals surface area contributed by atoms with Gasteiger partial charge in [-0.15, -0.1) is 0 Å². The predicted molar refractivity (Wildman–Crippen MR) is 152 cm³/mol. The lowest BCUT2D eigenvalue weighted by Gasteiger charge is -2.39. The van der Waals surface area contributed by atoms with Gasteiger partial charge in [-0.05, 0) is 66.9 Å². The van der Waals surface area contributed by atoms with Gasteiger partial charge in [0.05, 0.1) is 38.4 Å². The lowest BCUT2D eigenvalue weighted by Crippen LogP contribution is -2.47. The molecule has 1 aliphatic carbocycles. The fourth-order valence-corrected chi connectivity index (χ4v) is 5.44. The number of methoxy groups -OCH3 is 3. The van der Waals surface area contributed by atoms with Crippen molar-refractivity contribution in [2.75, 3.05) is 32.8 Å². The van der Waals surface area contributed by atoms with Gasteiger partial charge in [0.15, 0.2) is 0 Å². The zero-order valence-corrected chi connectivity index (χ0v) is 22.7. The highest BCUT2D eigenvalue weighted by Gasteiger charge is 2.40. The Kier molecular flexibility index (Phi) is 6.67. The number of fused-ring (bicyclic) bond motifs is 3. The number of anilines is 1. The van der Waals surface area contributed by atoms with E-state index >= 15 is 0 Å². The lowest BCUT2D eigenvalue weighted by molar-refractivity contribution is -0.119. The number of para-hydroxylation sites is 2. The SMILES string of the molecule is COc1ccc(C2c3cccn3-c3ccccc3N2C(=O)CN(C(=O)c2cc(OC)cc(OC)c2)C2CC2)cc1. The summed E-state index contributed by atoms with van der Waals surface area (Å²) in [6.07, 6.45) is 3.74. The van der Waals surface area contributed by atoms with Crippen LogP contribution in [0.2, 0.25) is 0 Å². The molecule has 1 fully saturated rings. The number of aromatic nitrogens is 1. The molecule has 0 N–H and O–H groups in total. The van der Waals surface area contributed by atoms with E-state index in [2.05, 4.69) is 4.57 Å². The Labute approximate surface area is 233 Å². The molecule has 8 nitrogen and oxygen atoms in total. The van der Waals surface area contributed by atoms with Gasteiger partial charge < -0.3 is 23.7 Å². The first-order valence-electron chi connectivity index (χ1n) is 13.3. The van der Waals surface area contributed by atoms with Crippen molar-refractivity contribution in [3.8, 4) is 22.9 Å². The van der Waals surface area contributed by atoms with Crippen LogP contribution in [-0.2, 0) is 4.79 Å². The standard InChI is InChI=1S/C32H31N3O5/c1-38-24-14-10-21(11-15-24)31-29-9-6-16-33(29)27-7-4-5-8-28(27)35(31)30(36)20-34(23-12-13-23)32(37)22-17-25(39-2)19-26(18-22)40-3/h4-11,14-19,23,31H,12-13,20H2,1-3H3. The summed E-state index contributed by atoms with van der Waals surface area (Å²) in [4.78, 5) is 31.7. The molecule has 4 aromatic rings. The van der Waals surface area contributed by atoms with Crippen molar-refractivity contribution in [3.05, 3.63) is 102 Å². The van der Waals surface area contributed by atoms with Gasteiger partial charge in [0.25, 0.3) is 5.91 Å². The zero-order valence-electron chi connectivity index (χ0n) is 22.7. The molecule has 40 heavy (non-hydrogen) atoms. The first-order chi connectivity index (χ1) is 19.5. The number of carbonyl (C=O) groups excluding carboxylic acids is 2. The summed E-state index contributed by atoms with van der Waals surface area (Å²) in [6.45, 7) is -0.0509. The van der Waals surface area contributed by atoms with Gasteiger partial charge in [-0.25, -0.2) is 0 Å². The second-order valence-corrected chi connectivity index (χ2v) is 10.00. The third-order valence-corrected chi connectivity index (χ3v) is 7.57.